The fourth-order valence-corrected chi connectivity index (χ4v) is 2.59. The van der Waals surface area contributed by atoms with Crippen molar-refractivity contribution in [2.24, 2.45) is 4.99 Å². The Balaban J connectivity index is 0.00000392. The molecule has 0 fully saturated rings. The number of likely N-dealkylation sites (N-methyl/N-ethyl adjacent to an activating group) is 1. The Morgan fingerprint density at radius 2 is 1.96 bits per heavy atom. The minimum Gasteiger partial charge on any atom is -0.454 e. The third-order valence-corrected chi connectivity index (χ3v) is 4.54. The summed E-state index contributed by atoms with van der Waals surface area (Å²) in [5.74, 6) is 1.53. The van der Waals surface area contributed by atoms with Crippen molar-refractivity contribution < 1.29 is 23.0 Å². The summed E-state index contributed by atoms with van der Waals surface area (Å²) >= 11 is 0. The van der Waals surface area contributed by atoms with Gasteiger partial charge in [0.05, 0.1) is 0 Å². The number of aliphatic imine (C=N–C) groups is 1. The smallest absolute Gasteiger partial charge is 0.387 e. The van der Waals surface area contributed by atoms with Crippen LogP contribution in [0.3, 0.4) is 0 Å². The molecule has 0 aliphatic carbocycles. The number of nitrogens with zero attached hydrogens (tertiary/aromatic N) is 2. The molecule has 28 heavy (non-hydrogen) atoms. The SMILES string of the molecule is CCC(C)N(C)CCNC(=NC)NCc1cc2c(cc1OC(F)F)OCO2.I. The number of guanidine groups is 1. The summed E-state index contributed by atoms with van der Waals surface area (Å²) in [5.41, 5.74) is 0.527. The highest BCUT2D eigenvalue weighted by atomic mass is 127. The molecule has 0 spiro atoms. The van der Waals surface area contributed by atoms with E-state index in [9.17, 15) is 8.78 Å². The van der Waals surface area contributed by atoms with E-state index in [-0.39, 0.29) is 43.1 Å². The lowest BCUT2D eigenvalue weighted by molar-refractivity contribution is -0.0505. The van der Waals surface area contributed by atoms with E-state index in [0.717, 1.165) is 13.0 Å². The highest BCUT2D eigenvalue weighted by molar-refractivity contribution is 14.0. The summed E-state index contributed by atoms with van der Waals surface area (Å²) in [5, 5.41) is 6.32. The molecule has 160 valence electrons. The van der Waals surface area contributed by atoms with Gasteiger partial charge >= 0.3 is 6.61 Å². The first kappa shape index (κ1) is 24.5. The van der Waals surface area contributed by atoms with Gasteiger partial charge in [0.2, 0.25) is 6.79 Å². The molecule has 1 heterocycles. The Hall–Kier alpha value is -1.56. The number of benzene rings is 1. The van der Waals surface area contributed by atoms with E-state index in [0.29, 0.717) is 35.6 Å². The average molecular weight is 514 g/mol. The number of alkyl halides is 2. The van der Waals surface area contributed by atoms with Crippen LogP contribution in [0.5, 0.6) is 17.2 Å². The largest absolute Gasteiger partial charge is 0.454 e. The highest BCUT2D eigenvalue weighted by Gasteiger charge is 2.20. The second-order valence-electron chi connectivity index (χ2n) is 6.28. The maximum atomic E-state index is 12.7. The molecule has 0 aromatic heterocycles. The van der Waals surface area contributed by atoms with Gasteiger partial charge in [-0.15, -0.1) is 24.0 Å². The fourth-order valence-electron chi connectivity index (χ4n) is 2.59. The maximum absolute atomic E-state index is 12.7. The van der Waals surface area contributed by atoms with Crippen LogP contribution in [0, 0.1) is 0 Å². The number of ether oxygens (including phenoxy) is 3. The third kappa shape index (κ3) is 7.12. The Bertz CT molecular complexity index is 650. The number of fused-ring (bicyclic) bond motifs is 1. The summed E-state index contributed by atoms with van der Waals surface area (Å²) in [7, 11) is 3.73. The second kappa shape index (κ2) is 12.1. The van der Waals surface area contributed by atoms with E-state index in [1.807, 2.05) is 0 Å². The lowest BCUT2D eigenvalue weighted by Gasteiger charge is -2.24. The number of nitrogens with one attached hydrogen (secondary N) is 2. The van der Waals surface area contributed by atoms with Crippen LogP contribution in [0.1, 0.15) is 25.8 Å². The standard InChI is InChI=1S/C18H28F2N4O3.HI/c1-5-12(2)24(4)7-6-22-18(21-3)23-10-13-8-15-16(26-11-25-15)9-14(13)27-17(19)20;/h8-9,12,17H,5-7,10-11H2,1-4H3,(H2,21,22,23);1H. The molecular weight excluding hydrogens is 485 g/mol. The average Bonchev–Trinajstić information content (AvgIpc) is 3.10. The minimum absolute atomic E-state index is 0. The summed E-state index contributed by atoms with van der Waals surface area (Å²) in [6.07, 6.45) is 1.08. The van der Waals surface area contributed by atoms with Gasteiger partial charge < -0.3 is 29.7 Å². The van der Waals surface area contributed by atoms with Crippen molar-refractivity contribution in [3.8, 4) is 17.2 Å². The van der Waals surface area contributed by atoms with Crippen LogP contribution >= 0.6 is 24.0 Å². The molecule has 1 aliphatic heterocycles. The minimum atomic E-state index is -2.92. The molecule has 0 saturated heterocycles. The van der Waals surface area contributed by atoms with Crippen molar-refractivity contribution in [3.63, 3.8) is 0 Å². The molecule has 1 aromatic carbocycles. The van der Waals surface area contributed by atoms with Crippen LogP contribution in [0.15, 0.2) is 17.1 Å². The zero-order valence-corrected chi connectivity index (χ0v) is 19.0. The zero-order chi connectivity index (χ0) is 19.8. The lowest BCUT2D eigenvalue weighted by atomic mass is 10.1. The van der Waals surface area contributed by atoms with E-state index < -0.39 is 6.61 Å². The van der Waals surface area contributed by atoms with E-state index >= 15 is 0 Å². The summed E-state index contributed by atoms with van der Waals surface area (Å²) < 4.78 is 40.5. The molecule has 2 rings (SSSR count). The fraction of sp³-hybridized carbons (Fsp3) is 0.611. The summed E-state index contributed by atoms with van der Waals surface area (Å²) in [4.78, 5) is 6.42. The van der Waals surface area contributed by atoms with Crippen molar-refractivity contribution in [1.82, 2.24) is 15.5 Å². The van der Waals surface area contributed by atoms with Gasteiger partial charge in [0.25, 0.3) is 0 Å². The topological polar surface area (TPSA) is 67.4 Å². The molecule has 10 heteroatoms. The van der Waals surface area contributed by atoms with Crippen molar-refractivity contribution >= 4 is 29.9 Å². The molecule has 1 aliphatic rings. The summed E-state index contributed by atoms with van der Waals surface area (Å²) in [6.45, 7) is 3.29. The van der Waals surface area contributed by atoms with Crippen LogP contribution in [0.2, 0.25) is 0 Å². The van der Waals surface area contributed by atoms with Crippen molar-refractivity contribution in [3.05, 3.63) is 17.7 Å². The molecular formula is C18H29F2IN4O3. The van der Waals surface area contributed by atoms with Gasteiger partial charge in [-0.3, -0.25) is 4.99 Å². The van der Waals surface area contributed by atoms with Crippen LogP contribution in [0.4, 0.5) is 8.78 Å². The van der Waals surface area contributed by atoms with Crippen LogP contribution in [-0.2, 0) is 6.54 Å². The van der Waals surface area contributed by atoms with Crippen LogP contribution in [-0.4, -0.2) is 57.5 Å². The Kier molecular flexibility index (Phi) is 10.6. The van der Waals surface area contributed by atoms with Crippen molar-refractivity contribution in [1.29, 1.82) is 0 Å². The van der Waals surface area contributed by atoms with Gasteiger partial charge in [0, 0.05) is 44.4 Å². The van der Waals surface area contributed by atoms with Gasteiger partial charge in [0.1, 0.15) is 5.75 Å². The normalized spacial score (nSPS) is 14.1. The molecule has 0 saturated carbocycles. The van der Waals surface area contributed by atoms with Crippen LogP contribution < -0.4 is 24.8 Å². The highest BCUT2D eigenvalue weighted by Crippen LogP contribution is 2.38. The van der Waals surface area contributed by atoms with Crippen molar-refractivity contribution in [2.75, 3.05) is 34.0 Å². The molecule has 0 amide bonds. The first-order chi connectivity index (χ1) is 12.9. The lowest BCUT2D eigenvalue weighted by Crippen LogP contribution is -2.42. The number of hydrogen-bond acceptors (Lipinski definition) is 5. The molecule has 0 radical (unpaired) electrons. The third-order valence-electron chi connectivity index (χ3n) is 4.54. The Morgan fingerprint density at radius 3 is 2.57 bits per heavy atom. The first-order valence-corrected chi connectivity index (χ1v) is 8.96. The molecule has 0 bridgehead atoms. The van der Waals surface area contributed by atoms with E-state index in [2.05, 4.69) is 46.2 Å². The number of rotatable bonds is 9. The predicted molar refractivity (Wildman–Crippen MR) is 115 cm³/mol. The predicted octanol–water partition coefficient (Wildman–Crippen LogP) is 3.03. The molecule has 7 nitrogen and oxygen atoms in total. The van der Waals surface area contributed by atoms with E-state index in [4.69, 9.17) is 9.47 Å². The number of hydrogen-bond donors (Lipinski definition) is 2. The van der Waals surface area contributed by atoms with Crippen LogP contribution in [0.25, 0.3) is 0 Å². The first-order valence-electron chi connectivity index (χ1n) is 8.96. The monoisotopic (exact) mass is 514 g/mol. The Labute approximate surface area is 181 Å². The second-order valence-corrected chi connectivity index (χ2v) is 6.28. The molecule has 1 atom stereocenters. The van der Waals surface area contributed by atoms with Gasteiger partial charge in [-0.05, 0) is 26.5 Å². The van der Waals surface area contributed by atoms with Gasteiger partial charge in [-0.1, -0.05) is 6.92 Å². The maximum Gasteiger partial charge on any atom is 0.387 e. The quantitative estimate of drug-likeness (QED) is 0.300. The zero-order valence-electron chi connectivity index (χ0n) is 16.6. The van der Waals surface area contributed by atoms with Gasteiger partial charge in [0.15, 0.2) is 17.5 Å². The molecule has 1 aromatic rings. The van der Waals surface area contributed by atoms with E-state index in [1.165, 1.54) is 6.07 Å². The van der Waals surface area contributed by atoms with E-state index in [1.54, 1.807) is 13.1 Å². The Morgan fingerprint density at radius 1 is 1.29 bits per heavy atom. The van der Waals surface area contributed by atoms with Gasteiger partial charge in [-0.25, -0.2) is 0 Å². The van der Waals surface area contributed by atoms with Crippen molar-refractivity contribution in [2.45, 2.75) is 39.5 Å². The van der Waals surface area contributed by atoms with Gasteiger partial charge in [-0.2, -0.15) is 8.78 Å². The number of halogens is 3. The molecule has 2 N–H and O–H groups in total. The molecule has 1 unspecified atom stereocenters. The summed E-state index contributed by atoms with van der Waals surface area (Å²) in [6, 6.07) is 3.56.